The summed E-state index contributed by atoms with van der Waals surface area (Å²) in [6.45, 7) is 9.22. The number of benzene rings is 1. The molecule has 0 bridgehead atoms. The van der Waals surface area contributed by atoms with E-state index in [-0.39, 0.29) is 6.10 Å². The number of hydrogen-bond acceptors (Lipinski definition) is 6. The van der Waals surface area contributed by atoms with Crippen LogP contribution in [-0.4, -0.2) is 51.3 Å². The number of piperidine rings is 1. The highest BCUT2D eigenvalue weighted by Crippen LogP contribution is 2.44. The highest BCUT2D eigenvalue weighted by molar-refractivity contribution is 5.57. The normalized spacial score (nSPS) is 26.1. The van der Waals surface area contributed by atoms with Crippen LogP contribution in [-0.2, 0) is 0 Å². The second-order valence-corrected chi connectivity index (χ2v) is 11.7. The largest absolute Gasteiger partial charge is 0.393 e. The summed E-state index contributed by atoms with van der Waals surface area (Å²) >= 11 is 0. The smallest absolute Gasteiger partial charge is 0.229 e. The first-order valence-corrected chi connectivity index (χ1v) is 13.2. The van der Waals surface area contributed by atoms with Crippen molar-refractivity contribution in [1.82, 2.24) is 14.9 Å². The number of aryl methyl sites for hydroxylation is 1. The first-order chi connectivity index (χ1) is 16.3. The predicted octanol–water partition coefficient (Wildman–Crippen LogP) is 5.61. The van der Waals surface area contributed by atoms with Crippen molar-refractivity contribution in [1.29, 1.82) is 0 Å². The van der Waals surface area contributed by atoms with Crippen LogP contribution < -0.4 is 10.6 Å². The molecule has 2 aliphatic carbocycles. The van der Waals surface area contributed by atoms with Crippen LogP contribution in [0.25, 0.3) is 0 Å². The second-order valence-electron chi connectivity index (χ2n) is 11.7. The third-order valence-electron chi connectivity index (χ3n) is 8.19. The Morgan fingerprint density at radius 1 is 1.03 bits per heavy atom. The van der Waals surface area contributed by atoms with Crippen molar-refractivity contribution < 1.29 is 5.11 Å². The van der Waals surface area contributed by atoms with Gasteiger partial charge in [0.25, 0.3) is 0 Å². The molecule has 3 fully saturated rings. The van der Waals surface area contributed by atoms with E-state index in [1.807, 2.05) is 0 Å². The molecule has 5 rings (SSSR count). The molecule has 3 aliphatic rings. The average Bonchev–Trinajstić information content (AvgIpc) is 2.79. The zero-order chi connectivity index (χ0) is 23.7. The molecule has 184 valence electrons. The summed E-state index contributed by atoms with van der Waals surface area (Å²) < 4.78 is 0. The average molecular weight is 464 g/mol. The summed E-state index contributed by atoms with van der Waals surface area (Å²) in [6, 6.07) is 9.45. The molecule has 0 atom stereocenters. The Bertz CT molecular complexity index is 969. The molecule has 1 aromatic heterocycles. The van der Waals surface area contributed by atoms with Crippen molar-refractivity contribution in [2.75, 3.05) is 23.7 Å². The summed E-state index contributed by atoms with van der Waals surface area (Å²) in [6.07, 6.45) is 10.6. The molecule has 0 radical (unpaired) electrons. The van der Waals surface area contributed by atoms with Gasteiger partial charge in [-0.15, -0.1) is 0 Å². The summed E-state index contributed by atoms with van der Waals surface area (Å²) in [7, 11) is 0. The van der Waals surface area contributed by atoms with Crippen LogP contribution in [0.2, 0.25) is 0 Å². The van der Waals surface area contributed by atoms with Crippen molar-refractivity contribution in [3.8, 4) is 0 Å². The zero-order valence-electron chi connectivity index (χ0n) is 21.1. The molecule has 1 saturated heterocycles. The monoisotopic (exact) mass is 463 g/mol. The number of aliphatic hydroxyl groups excluding tert-OH is 1. The Kier molecular flexibility index (Phi) is 6.81. The van der Waals surface area contributed by atoms with Crippen LogP contribution >= 0.6 is 0 Å². The molecular formula is C28H41N5O. The van der Waals surface area contributed by atoms with Crippen LogP contribution in [0.15, 0.2) is 30.5 Å². The maximum Gasteiger partial charge on any atom is 0.229 e. The Labute approximate surface area is 204 Å². The van der Waals surface area contributed by atoms with Crippen LogP contribution in [0.1, 0.15) is 82.3 Å². The Hall–Kier alpha value is -2.18. The van der Waals surface area contributed by atoms with E-state index in [4.69, 9.17) is 9.97 Å². The van der Waals surface area contributed by atoms with Gasteiger partial charge in [0.1, 0.15) is 5.82 Å². The Balaban J connectivity index is 1.31. The first kappa shape index (κ1) is 23.6. The van der Waals surface area contributed by atoms with Crippen molar-refractivity contribution in [3.63, 3.8) is 0 Å². The first-order valence-electron chi connectivity index (χ1n) is 13.2. The summed E-state index contributed by atoms with van der Waals surface area (Å²) in [5.74, 6) is 2.12. The van der Waals surface area contributed by atoms with Gasteiger partial charge in [0.15, 0.2) is 0 Å². The predicted molar refractivity (Wildman–Crippen MR) is 139 cm³/mol. The van der Waals surface area contributed by atoms with E-state index in [1.165, 1.54) is 49.9 Å². The van der Waals surface area contributed by atoms with Gasteiger partial charge in [0, 0.05) is 29.5 Å². The van der Waals surface area contributed by atoms with E-state index in [2.05, 4.69) is 66.8 Å². The second kappa shape index (κ2) is 9.82. The fraction of sp³-hybridized carbons (Fsp3) is 0.643. The lowest BCUT2D eigenvalue weighted by Gasteiger charge is -2.50. The van der Waals surface area contributed by atoms with Crippen LogP contribution in [0.3, 0.4) is 0 Å². The van der Waals surface area contributed by atoms with Gasteiger partial charge in [0.2, 0.25) is 5.95 Å². The fourth-order valence-corrected chi connectivity index (χ4v) is 6.18. The van der Waals surface area contributed by atoms with Gasteiger partial charge in [0.05, 0.1) is 6.10 Å². The molecule has 2 heterocycles. The highest BCUT2D eigenvalue weighted by Gasteiger charge is 2.40. The van der Waals surface area contributed by atoms with Crippen molar-refractivity contribution >= 4 is 17.5 Å². The van der Waals surface area contributed by atoms with Crippen molar-refractivity contribution in [3.05, 3.63) is 41.6 Å². The Morgan fingerprint density at radius 3 is 2.44 bits per heavy atom. The summed E-state index contributed by atoms with van der Waals surface area (Å²) in [4.78, 5) is 12.4. The standard InChI is InChI=1S/C28H41N5O/c1-19-5-4-6-22(15-19)31-27-29-18-25(26(32-27)30-21-7-9-24(34)10-8-21)20-11-13-33(14-12-20)23-16-28(2,3)17-23/h4-6,15,18,20-21,23-24,34H,7-14,16-17H2,1-3H3,(H2,29,30,31,32). The molecule has 0 spiro atoms. The third-order valence-corrected chi connectivity index (χ3v) is 8.19. The molecule has 1 aromatic carbocycles. The number of nitrogens with one attached hydrogen (secondary N) is 2. The zero-order valence-corrected chi connectivity index (χ0v) is 21.1. The molecule has 2 aromatic rings. The van der Waals surface area contributed by atoms with E-state index >= 15 is 0 Å². The van der Waals surface area contributed by atoms with Gasteiger partial charge in [-0.3, -0.25) is 0 Å². The van der Waals surface area contributed by atoms with Gasteiger partial charge in [-0.2, -0.15) is 4.98 Å². The minimum absolute atomic E-state index is 0.151. The highest BCUT2D eigenvalue weighted by atomic mass is 16.3. The van der Waals surface area contributed by atoms with E-state index in [1.54, 1.807) is 0 Å². The number of nitrogens with zero attached hydrogens (tertiary/aromatic N) is 3. The van der Waals surface area contributed by atoms with Crippen molar-refractivity contribution in [2.45, 2.75) is 96.2 Å². The van der Waals surface area contributed by atoms with Crippen molar-refractivity contribution in [2.24, 2.45) is 5.41 Å². The molecule has 34 heavy (non-hydrogen) atoms. The number of aromatic nitrogens is 2. The number of aliphatic hydroxyl groups is 1. The van der Waals surface area contributed by atoms with Gasteiger partial charge < -0.3 is 20.6 Å². The molecule has 6 heteroatoms. The lowest BCUT2D eigenvalue weighted by Crippen LogP contribution is -2.51. The number of likely N-dealkylation sites (tertiary alicyclic amines) is 1. The fourth-order valence-electron chi connectivity index (χ4n) is 6.18. The molecule has 3 N–H and O–H groups in total. The molecule has 0 unspecified atom stereocenters. The lowest BCUT2D eigenvalue weighted by atomic mass is 9.67. The molecule has 6 nitrogen and oxygen atoms in total. The van der Waals surface area contributed by atoms with E-state index in [0.29, 0.717) is 23.3 Å². The van der Waals surface area contributed by atoms with Gasteiger partial charge in [-0.25, -0.2) is 4.98 Å². The molecular weight excluding hydrogens is 422 g/mol. The van der Waals surface area contributed by atoms with E-state index < -0.39 is 0 Å². The van der Waals surface area contributed by atoms with E-state index in [9.17, 15) is 5.11 Å². The topological polar surface area (TPSA) is 73.3 Å². The van der Waals surface area contributed by atoms with Crippen LogP contribution in [0.5, 0.6) is 0 Å². The molecule has 0 amide bonds. The summed E-state index contributed by atoms with van der Waals surface area (Å²) in [5, 5.41) is 17.1. The number of rotatable bonds is 6. The van der Waals surface area contributed by atoms with Gasteiger partial charge in [-0.1, -0.05) is 26.0 Å². The summed E-state index contributed by atoms with van der Waals surface area (Å²) in [5.41, 5.74) is 4.01. The van der Waals surface area contributed by atoms with Crippen LogP contribution in [0, 0.1) is 12.3 Å². The van der Waals surface area contributed by atoms with Gasteiger partial charge >= 0.3 is 0 Å². The number of hydrogen-bond donors (Lipinski definition) is 3. The Morgan fingerprint density at radius 2 is 1.76 bits per heavy atom. The number of anilines is 3. The quantitative estimate of drug-likeness (QED) is 0.517. The minimum atomic E-state index is -0.151. The van der Waals surface area contributed by atoms with E-state index in [0.717, 1.165) is 43.2 Å². The maximum absolute atomic E-state index is 9.94. The SMILES string of the molecule is Cc1cccc(Nc2ncc(C3CCN(C4CC(C)(C)C4)CC3)c(NC3CCC(O)CC3)n2)c1. The van der Waals surface area contributed by atoms with Crippen LogP contribution in [0.4, 0.5) is 17.5 Å². The lowest BCUT2D eigenvalue weighted by molar-refractivity contribution is 0.0120. The third kappa shape index (κ3) is 5.55. The molecule has 1 aliphatic heterocycles. The molecule has 2 saturated carbocycles. The van der Waals surface area contributed by atoms with Gasteiger partial charge in [-0.05, 0) is 100 Å². The minimum Gasteiger partial charge on any atom is -0.393 e. The maximum atomic E-state index is 9.94.